The molecule has 1 unspecified atom stereocenters. The highest BCUT2D eigenvalue weighted by Crippen LogP contribution is 2.13. The highest BCUT2D eigenvalue weighted by molar-refractivity contribution is 5.99. The third-order valence-electron chi connectivity index (χ3n) is 2.94. The first-order valence-electron chi connectivity index (χ1n) is 6.65. The molecule has 0 aliphatic carbocycles. The Labute approximate surface area is 109 Å². The van der Waals surface area contributed by atoms with Gasteiger partial charge in [0.15, 0.2) is 0 Å². The lowest BCUT2D eigenvalue weighted by Crippen LogP contribution is -2.28. The van der Waals surface area contributed by atoms with E-state index < -0.39 is 0 Å². The quantitative estimate of drug-likeness (QED) is 0.781. The van der Waals surface area contributed by atoms with Gasteiger partial charge >= 0.3 is 0 Å². The molecule has 0 spiro atoms. The van der Waals surface area contributed by atoms with E-state index in [0.717, 1.165) is 25.1 Å². The number of pyridine rings is 1. The first-order chi connectivity index (χ1) is 8.69. The number of aromatic nitrogens is 1. The molecular formula is C14H23N3O. The second-order valence-electron chi connectivity index (χ2n) is 4.57. The van der Waals surface area contributed by atoms with E-state index in [1.807, 2.05) is 6.07 Å². The number of rotatable bonds is 7. The van der Waals surface area contributed by atoms with Crippen LogP contribution in [0.2, 0.25) is 0 Å². The van der Waals surface area contributed by atoms with Crippen molar-refractivity contribution in [2.24, 2.45) is 5.92 Å². The van der Waals surface area contributed by atoms with Gasteiger partial charge in [-0.25, -0.2) is 0 Å². The molecule has 0 aliphatic rings. The summed E-state index contributed by atoms with van der Waals surface area (Å²) in [5.74, 6) is 0.444. The zero-order valence-corrected chi connectivity index (χ0v) is 11.5. The maximum atomic E-state index is 12.1. The van der Waals surface area contributed by atoms with Crippen LogP contribution < -0.4 is 10.6 Å². The molecule has 1 atom stereocenters. The summed E-state index contributed by atoms with van der Waals surface area (Å²) in [6, 6.07) is 1.84. The molecule has 4 heteroatoms. The summed E-state index contributed by atoms with van der Waals surface area (Å²) in [7, 11) is 0. The first-order valence-corrected chi connectivity index (χ1v) is 6.65. The van der Waals surface area contributed by atoms with Crippen LogP contribution in [-0.4, -0.2) is 24.0 Å². The Morgan fingerprint density at radius 1 is 1.44 bits per heavy atom. The molecule has 0 fully saturated rings. The molecule has 2 N–H and O–H groups in total. The van der Waals surface area contributed by atoms with Gasteiger partial charge in [0, 0.05) is 25.5 Å². The summed E-state index contributed by atoms with van der Waals surface area (Å²) in [6.07, 6.45) is 5.40. The van der Waals surface area contributed by atoms with Crippen LogP contribution in [0, 0.1) is 5.92 Å². The second kappa shape index (κ2) is 7.69. The van der Waals surface area contributed by atoms with E-state index in [1.165, 1.54) is 0 Å². The fourth-order valence-electron chi connectivity index (χ4n) is 1.50. The summed E-state index contributed by atoms with van der Waals surface area (Å²) >= 11 is 0. The third kappa shape index (κ3) is 4.35. The summed E-state index contributed by atoms with van der Waals surface area (Å²) in [5.41, 5.74) is 1.47. The van der Waals surface area contributed by atoms with Crippen molar-refractivity contribution in [3.8, 4) is 0 Å². The van der Waals surface area contributed by atoms with Crippen LogP contribution >= 0.6 is 0 Å². The van der Waals surface area contributed by atoms with Gasteiger partial charge in [0.05, 0.1) is 11.3 Å². The van der Waals surface area contributed by atoms with Crippen molar-refractivity contribution >= 4 is 11.6 Å². The van der Waals surface area contributed by atoms with Gasteiger partial charge in [-0.2, -0.15) is 0 Å². The van der Waals surface area contributed by atoms with Gasteiger partial charge < -0.3 is 10.6 Å². The molecule has 0 saturated carbocycles. The Morgan fingerprint density at radius 2 is 2.22 bits per heavy atom. The minimum Gasteiger partial charge on any atom is -0.384 e. The van der Waals surface area contributed by atoms with Crippen LogP contribution in [-0.2, 0) is 0 Å². The van der Waals surface area contributed by atoms with Crippen molar-refractivity contribution < 1.29 is 4.79 Å². The van der Waals surface area contributed by atoms with E-state index in [4.69, 9.17) is 0 Å². The molecule has 0 aromatic carbocycles. The van der Waals surface area contributed by atoms with E-state index in [1.54, 1.807) is 12.4 Å². The maximum absolute atomic E-state index is 12.1. The van der Waals surface area contributed by atoms with Crippen molar-refractivity contribution in [1.29, 1.82) is 0 Å². The average molecular weight is 249 g/mol. The normalized spacial score (nSPS) is 11.9. The standard InChI is InChI=1S/C14H23N3O/c1-4-7-16-13-6-8-15-10-12(13)14(18)17-9-11(3)5-2/h6,8,10-11H,4-5,7,9H2,1-3H3,(H,15,16)(H,17,18). The second-order valence-corrected chi connectivity index (χ2v) is 4.57. The average Bonchev–Trinajstić information content (AvgIpc) is 2.42. The number of nitrogens with zero attached hydrogens (tertiary/aromatic N) is 1. The number of carbonyl (C=O) groups excluding carboxylic acids is 1. The van der Waals surface area contributed by atoms with Crippen LogP contribution in [0.4, 0.5) is 5.69 Å². The molecule has 1 rings (SSSR count). The lowest BCUT2D eigenvalue weighted by Gasteiger charge is -2.13. The topological polar surface area (TPSA) is 54.0 Å². The van der Waals surface area contributed by atoms with Crippen LogP contribution in [0.15, 0.2) is 18.5 Å². The van der Waals surface area contributed by atoms with Crippen LogP contribution in [0.3, 0.4) is 0 Å². The maximum Gasteiger partial charge on any atom is 0.254 e. The van der Waals surface area contributed by atoms with E-state index >= 15 is 0 Å². The predicted molar refractivity (Wildman–Crippen MR) is 74.8 cm³/mol. The van der Waals surface area contributed by atoms with Gasteiger partial charge in [0.25, 0.3) is 5.91 Å². The molecule has 0 bridgehead atoms. The smallest absolute Gasteiger partial charge is 0.254 e. The van der Waals surface area contributed by atoms with Crippen molar-refractivity contribution in [2.45, 2.75) is 33.6 Å². The van der Waals surface area contributed by atoms with Crippen molar-refractivity contribution in [1.82, 2.24) is 10.3 Å². The molecule has 0 radical (unpaired) electrons. The van der Waals surface area contributed by atoms with Gasteiger partial charge in [-0.1, -0.05) is 27.2 Å². The fourth-order valence-corrected chi connectivity index (χ4v) is 1.50. The Kier molecular flexibility index (Phi) is 6.19. The van der Waals surface area contributed by atoms with Crippen LogP contribution in [0.5, 0.6) is 0 Å². The summed E-state index contributed by atoms with van der Waals surface area (Å²) in [6.45, 7) is 7.90. The minimum absolute atomic E-state index is 0.0537. The molecular weight excluding hydrogens is 226 g/mol. The van der Waals surface area contributed by atoms with Crippen LogP contribution in [0.1, 0.15) is 44.0 Å². The van der Waals surface area contributed by atoms with E-state index in [9.17, 15) is 4.79 Å². The number of amides is 1. The summed E-state index contributed by atoms with van der Waals surface area (Å²) in [5, 5.41) is 6.19. The molecule has 1 aromatic heterocycles. The van der Waals surface area contributed by atoms with E-state index in [0.29, 0.717) is 18.0 Å². The first kappa shape index (κ1) is 14.5. The van der Waals surface area contributed by atoms with Crippen LogP contribution in [0.25, 0.3) is 0 Å². The van der Waals surface area contributed by atoms with E-state index in [-0.39, 0.29) is 5.91 Å². The predicted octanol–water partition coefficient (Wildman–Crippen LogP) is 2.68. The molecule has 1 aromatic rings. The number of carbonyl (C=O) groups is 1. The Hall–Kier alpha value is -1.58. The lowest BCUT2D eigenvalue weighted by molar-refractivity contribution is 0.0948. The lowest BCUT2D eigenvalue weighted by atomic mass is 10.1. The molecule has 4 nitrogen and oxygen atoms in total. The van der Waals surface area contributed by atoms with Gasteiger partial charge in [0.2, 0.25) is 0 Å². The molecule has 1 amide bonds. The van der Waals surface area contributed by atoms with Crippen molar-refractivity contribution in [3.05, 3.63) is 24.0 Å². The van der Waals surface area contributed by atoms with Crippen molar-refractivity contribution in [2.75, 3.05) is 18.4 Å². The zero-order chi connectivity index (χ0) is 13.4. The fraction of sp³-hybridized carbons (Fsp3) is 0.571. The summed E-state index contributed by atoms with van der Waals surface area (Å²) in [4.78, 5) is 16.1. The zero-order valence-electron chi connectivity index (χ0n) is 11.5. The highest BCUT2D eigenvalue weighted by atomic mass is 16.1. The Morgan fingerprint density at radius 3 is 2.89 bits per heavy atom. The number of hydrogen-bond donors (Lipinski definition) is 2. The van der Waals surface area contributed by atoms with Gasteiger partial charge in [-0.3, -0.25) is 9.78 Å². The van der Waals surface area contributed by atoms with Gasteiger partial charge in [-0.05, 0) is 18.4 Å². The molecule has 0 aliphatic heterocycles. The molecule has 1 heterocycles. The number of anilines is 1. The van der Waals surface area contributed by atoms with Crippen molar-refractivity contribution in [3.63, 3.8) is 0 Å². The van der Waals surface area contributed by atoms with Gasteiger partial charge in [0.1, 0.15) is 0 Å². The molecule has 0 saturated heterocycles. The molecule has 100 valence electrons. The largest absolute Gasteiger partial charge is 0.384 e. The number of nitrogens with one attached hydrogen (secondary N) is 2. The molecule has 18 heavy (non-hydrogen) atoms. The van der Waals surface area contributed by atoms with Gasteiger partial charge in [-0.15, -0.1) is 0 Å². The monoisotopic (exact) mass is 249 g/mol. The Balaban J connectivity index is 2.66. The number of hydrogen-bond acceptors (Lipinski definition) is 3. The summed E-state index contributed by atoms with van der Waals surface area (Å²) < 4.78 is 0. The SMILES string of the molecule is CCCNc1ccncc1C(=O)NCC(C)CC. The highest BCUT2D eigenvalue weighted by Gasteiger charge is 2.11. The third-order valence-corrected chi connectivity index (χ3v) is 2.94. The minimum atomic E-state index is -0.0537. The van der Waals surface area contributed by atoms with E-state index in [2.05, 4.69) is 36.4 Å². The Bertz CT molecular complexity index is 379.